The maximum absolute atomic E-state index is 12.2. The van der Waals surface area contributed by atoms with E-state index in [-0.39, 0.29) is 11.8 Å². The fraction of sp³-hybridized carbons (Fsp3) is 0.556. The van der Waals surface area contributed by atoms with Gasteiger partial charge < -0.3 is 0 Å². The molecule has 0 heterocycles. The first-order chi connectivity index (χ1) is 10.3. The van der Waals surface area contributed by atoms with E-state index in [4.69, 9.17) is 0 Å². The van der Waals surface area contributed by atoms with Gasteiger partial charge in [0.25, 0.3) is 0 Å². The SMILES string of the molecule is O=C(NN=C1CCCCCCC1)[C@H]1C[C@H]1c1ccccc1. The first kappa shape index (κ1) is 14.3. The Kier molecular flexibility index (Phi) is 4.69. The normalized spacial score (nSPS) is 25.6. The van der Waals surface area contributed by atoms with Crippen molar-refractivity contribution in [2.75, 3.05) is 0 Å². The molecule has 2 aliphatic rings. The van der Waals surface area contributed by atoms with E-state index >= 15 is 0 Å². The average molecular weight is 284 g/mol. The number of hydrogen-bond donors (Lipinski definition) is 1. The molecule has 21 heavy (non-hydrogen) atoms. The van der Waals surface area contributed by atoms with Crippen molar-refractivity contribution in [2.24, 2.45) is 11.0 Å². The third-order valence-corrected chi connectivity index (χ3v) is 4.61. The van der Waals surface area contributed by atoms with Crippen LogP contribution in [0.5, 0.6) is 0 Å². The number of carbonyl (C=O) groups excluding carboxylic acids is 1. The molecule has 0 bridgehead atoms. The van der Waals surface area contributed by atoms with E-state index in [0.29, 0.717) is 5.92 Å². The van der Waals surface area contributed by atoms with Gasteiger partial charge in [0.1, 0.15) is 0 Å². The van der Waals surface area contributed by atoms with E-state index in [9.17, 15) is 4.79 Å². The second-order valence-electron chi connectivity index (χ2n) is 6.28. The molecule has 112 valence electrons. The van der Waals surface area contributed by atoms with Gasteiger partial charge in [-0.25, -0.2) is 5.43 Å². The molecule has 0 saturated heterocycles. The van der Waals surface area contributed by atoms with Crippen LogP contribution in [0.15, 0.2) is 35.4 Å². The van der Waals surface area contributed by atoms with Crippen LogP contribution in [0, 0.1) is 5.92 Å². The van der Waals surface area contributed by atoms with E-state index in [0.717, 1.165) is 19.3 Å². The van der Waals surface area contributed by atoms with Gasteiger partial charge in [-0.1, -0.05) is 49.6 Å². The highest BCUT2D eigenvalue weighted by atomic mass is 16.2. The van der Waals surface area contributed by atoms with E-state index < -0.39 is 0 Å². The second-order valence-corrected chi connectivity index (χ2v) is 6.28. The number of benzene rings is 1. The number of nitrogens with zero attached hydrogens (tertiary/aromatic N) is 1. The van der Waals surface area contributed by atoms with Crippen LogP contribution in [0.1, 0.15) is 62.8 Å². The predicted octanol–water partition coefficient (Wildman–Crippen LogP) is 4.01. The van der Waals surface area contributed by atoms with Gasteiger partial charge in [0, 0.05) is 11.6 Å². The van der Waals surface area contributed by atoms with E-state index in [2.05, 4.69) is 22.7 Å². The molecule has 2 fully saturated rings. The summed E-state index contributed by atoms with van der Waals surface area (Å²) in [5.41, 5.74) is 5.27. The van der Waals surface area contributed by atoms with Crippen LogP contribution >= 0.6 is 0 Å². The van der Waals surface area contributed by atoms with Crippen molar-refractivity contribution in [3.8, 4) is 0 Å². The molecule has 2 atom stereocenters. The highest BCUT2D eigenvalue weighted by molar-refractivity contribution is 5.88. The molecule has 2 saturated carbocycles. The van der Waals surface area contributed by atoms with Crippen LogP contribution in [0.3, 0.4) is 0 Å². The van der Waals surface area contributed by atoms with Crippen LogP contribution < -0.4 is 5.43 Å². The smallest absolute Gasteiger partial charge is 0.243 e. The molecule has 0 unspecified atom stereocenters. The van der Waals surface area contributed by atoms with Crippen LogP contribution in [-0.2, 0) is 4.79 Å². The molecule has 1 N–H and O–H groups in total. The zero-order valence-corrected chi connectivity index (χ0v) is 12.6. The van der Waals surface area contributed by atoms with Gasteiger partial charge >= 0.3 is 0 Å². The van der Waals surface area contributed by atoms with E-state index in [1.165, 1.54) is 43.4 Å². The molecule has 0 aromatic heterocycles. The summed E-state index contributed by atoms with van der Waals surface area (Å²) in [4.78, 5) is 12.2. The molecular weight excluding hydrogens is 260 g/mol. The lowest BCUT2D eigenvalue weighted by atomic mass is 9.99. The van der Waals surface area contributed by atoms with Gasteiger partial charge in [-0.15, -0.1) is 0 Å². The number of carbonyl (C=O) groups is 1. The predicted molar refractivity (Wildman–Crippen MR) is 85.2 cm³/mol. The Hall–Kier alpha value is -1.64. The number of amides is 1. The minimum atomic E-state index is 0.0958. The van der Waals surface area contributed by atoms with Crippen LogP contribution in [0.4, 0.5) is 0 Å². The molecule has 3 nitrogen and oxygen atoms in total. The molecule has 0 radical (unpaired) electrons. The highest BCUT2D eigenvalue weighted by Gasteiger charge is 2.43. The maximum Gasteiger partial charge on any atom is 0.243 e. The highest BCUT2D eigenvalue weighted by Crippen LogP contribution is 2.47. The van der Waals surface area contributed by atoms with Crippen molar-refractivity contribution in [1.82, 2.24) is 5.43 Å². The van der Waals surface area contributed by atoms with Crippen molar-refractivity contribution in [1.29, 1.82) is 0 Å². The summed E-state index contributed by atoms with van der Waals surface area (Å²) in [6, 6.07) is 10.3. The summed E-state index contributed by atoms with van der Waals surface area (Å²) in [5.74, 6) is 0.604. The summed E-state index contributed by atoms with van der Waals surface area (Å²) in [6.45, 7) is 0. The molecule has 1 aromatic carbocycles. The number of rotatable bonds is 3. The molecule has 3 heteroatoms. The molecule has 1 aromatic rings. The van der Waals surface area contributed by atoms with Gasteiger partial charge in [-0.2, -0.15) is 5.10 Å². The Morgan fingerprint density at radius 2 is 1.67 bits per heavy atom. The quantitative estimate of drug-likeness (QED) is 0.837. The third-order valence-electron chi connectivity index (χ3n) is 4.61. The molecule has 2 aliphatic carbocycles. The summed E-state index contributed by atoms with van der Waals surface area (Å²) < 4.78 is 0. The Balaban J connectivity index is 1.51. The largest absolute Gasteiger partial charge is 0.273 e. The van der Waals surface area contributed by atoms with Crippen molar-refractivity contribution in [3.63, 3.8) is 0 Å². The van der Waals surface area contributed by atoms with Gasteiger partial charge in [0.05, 0.1) is 0 Å². The topological polar surface area (TPSA) is 41.5 Å². The summed E-state index contributed by atoms with van der Waals surface area (Å²) in [5, 5.41) is 4.39. The zero-order valence-electron chi connectivity index (χ0n) is 12.6. The van der Waals surface area contributed by atoms with Crippen molar-refractivity contribution in [3.05, 3.63) is 35.9 Å². The van der Waals surface area contributed by atoms with E-state index in [1.54, 1.807) is 0 Å². The van der Waals surface area contributed by atoms with Gasteiger partial charge in [0.2, 0.25) is 5.91 Å². The first-order valence-electron chi connectivity index (χ1n) is 8.25. The Morgan fingerprint density at radius 1 is 1.00 bits per heavy atom. The van der Waals surface area contributed by atoms with Crippen molar-refractivity contribution < 1.29 is 4.79 Å². The minimum Gasteiger partial charge on any atom is -0.273 e. The summed E-state index contributed by atoms with van der Waals surface area (Å²) in [7, 11) is 0. The Bertz CT molecular complexity index is 499. The molecule has 0 spiro atoms. The molecule has 1 amide bonds. The van der Waals surface area contributed by atoms with Crippen molar-refractivity contribution >= 4 is 11.6 Å². The van der Waals surface area contributed by atoms with Crippen LogP contribution in [-0.4, -0.2) is 11.6 Å². The van der Waals surface area contributed by atoms with E-state index in [1.807, 2.05) is 18.2 Å². The molecular formula is C18H24N2O. The number of hydrazone groups is 1. The fourth-order valence-electron chi connectivity index (χ4n) is 3.20. The lowest BCUT2D eigenvalue weighted by Crippen LogP contribution is -2.22. The molecule has 3 rings (SSSR count). The maximum atomic E-state index is 12.2. The number of hydrogen-bond acceptors (Lipinski definition) is 2. The van der Waals surface area contributed by atoms with Crippen LogP contribution in [0.2, 0.25) is 0 Å². The van der Waals surface area contributed by atoms with Gasteiger partial charge in [-0.3, -0.25) is 4.79 Å². The monoisotopic (exact) mass is 284 g/mol. The average Bonchev–Trinajstić information content (AvgIpc) is 3.27. The number of nitrogens with one attached hydrogen (secondary N) is 1. The Morgan fingerprint density at radius 3 is 2.38 bits per heavy atom. The Labute approximate surface area is 126 Å². The molecule has 0 aliphatic heterocycles. The van der Waals surface area contributed by atoms with Crippen LogP contribution in [0.25, 0.3) is 0 Å². The lowest BCUT2D eigenvalue weighted by molar-refractivity contribution is -0.122. The summed E-state index contributed by atoms with van der Waals surface area (Å²) >= 11 is 0. The fourth-order valence-corrected chi connectivity index (χ4v) is 3.20. The van der Waals surface area contributed by atoms with Gasteiger partial charge in [0.15, 0.2) is 0 Å². The third kappa shape index (κ3) is 3.93. The minimum absolute atomic E-state index is 0.0958. The van der Waals surface area contributed by atoms with Crippen molar-refractivity contribution in [2.45, 2.75) is 57.3 Å². The van der Waals surface area contributed by atoms with Gasteiger partial charge in [-0.05, 0) is 43.6 Å². The lowest BCUT2D eigenvalue weighted by Gasteiger charge is -2.10. The first-order valence-corrected chi connectivity index (χ1v) is 8.25. The second kappa shape index (κ2) is 6.88. The zero-order chi connectivity index (χ0) is 14.5. The summed E-state index contributed by atoms with van der Waals surface area (Å²) in [6.07, 6.45) is 9.42. The standard InChI is InChI=1S/C18H24N2O/c21-18(17-13-16(17)14-9-5-4-6-10-14)20-19-15-11-7-2-1-3-8-12-15/h4-6,9-10,16-17H,1-3,7-8,11-13H2,(H,20,21)/t16-,17-/m0/s1.